The SMILES string of the molecule is O=C(c1ccccc1)c1ccccc1CCN(C(=O)O)[C@H]1CN2CCC1CC2. The number of benzene rings is 2. The number of ketones is 1. The maximum absolute atomic E-state index is 12.9. The highest BCUT2D eigenvalue weighted by Gasteiger charge is 2.39. The van der Waals surface area contributed by atoms with E-state index >= 15 is 0 Å². The van der Waals surface area contributed by atoms with E-state index in [-0.39, 0.29) is 11.8 Å². The summed E-state index contributed by atoms with van der Waals surface area (Å²) >= 11 is 0. The van der Waals surface area contributed by atoms with Crippen molar-refractivity contribution in [2.24, 2.45) is 5.92 Å². The number of amides is 1. The van der Waals surface area contributed by atoms with E-state index in [1.54, 1.807) is 4.90 Å². The van der Waals surface area contributed by atoms with E-state index < -0.39 is 6.09 Å². The number of hydrogen-bond donors (Lipinski definition) is 1. The minimum Gasteiger partial charge on any atom is -0.465 e. The van der Waals surface area contributed by atoms with Crippen molar-refractivity contribution in [3.63, 3.8) is 0 Å². The van der Waals surface area contributed by atoms with Crippen molar-refractivity contribution in [3.05, 3.63) is 71.3 Å². The molecule has 3 saturated heterocycles. The Morgan fingerprint density at radius 1 is 1.00 bits per heavy atom. The fourth-order valence-corrected chi connectivity index (χ4v) is 4.64. The second kappa shape index (κ2) is 8.15. The van der Waals surface area contributed by atoms with Crippen molar-refractivity contribution in [3.8, 4) is 0 Å². The third-order valence-corrected chi connectivity index (χ3v) is 6.19. The predicted molar refractivity (Wildman–Crippen MR) is 108 cm³/mol. The number of hydrogen-bond acceptors (Lipinski definition) is 3. The quantitative estimate of drug-likeness (QED) is 0.781. The fraction of sp³-hybridized carbons (Fsp3) is 0.391. The van der Waals surface area contributed by atoms with Gasteiger partial charge in [-0.1, -0.05) is 54.6 Å². The smallest absolute Gasteiger partial charge is 0.407 e. The van der Waals surface area contributed by atoms with E-state index in [2.05, 4.69) is 4.90 Å². The van der Waals surface area contributed by atoms with Crippen molar-refractivity contribution in [2.45, 2.75) is 25.3 Å². The number of piperidine rings is 3. The zero-order valence-electron chi connectivity index (χ0n) is 16.0. The van der Waals surface area contributed by atoms with Crippen molar-refractivity contribution in [1.82, 2.24) is 9.80 Å². The Labute approximate surface area is 165 Å². The van der Waals surface area contributed by atoms with E-state index in [1.807, 2.05) is 54.6 Å². The first kappa shape index (κ1) is 18.7. The monoisotopic (exact) mass is 378 g/mol. The highest BCUT2D eigenvalue weighted by Crippen LogP contribution is 2.31. The highest BCUT2D eigenvalue weighted by atomic mass is 16.4. The van der Waals surface area contributed by atoms with Crippen LogP contribution in [0.15, 0.2) is 54.6 Å². The lowest BCUT2D eigenvalue weighted by molar-refractivity contribution is 0.0109. The summed E-state index contributed by atoms with van der Waals surface area (Å²) in [6.07, 6.45) is 1.85. The molecular weight excluding hydrogens is 352 g/mol. The minimum absolute atomic E-state index is 0.0130. The lowest BCUT2D eigenvalue weighted by Crippen LogP contribution is -2.58. The molecule has 0 spiro atoms. The first-order chi connectivity index (χ1) is 13.6. The molecule has 0 saturated carbocycles. The summed E-state index contributed by atoms with van der Waals surface area (Å²) in [6.45, 7) is 3.43. The average molecular weight is 378 g/mol. The van der Waals surface area contributed by atoms with Gasteiger partial charge >= 0.3 is 6.09 Å². The molecule has 0 aromatic heterocycles. The number of carbonyl (C=O) groups is 2. The van der Waals surface area contributed by atoms with Crippen LogP contribution in [0.3, 0.4) is 0 Å². The molecule has 1 N–H and O–H groups in total. The van der Waals surface area contributed by atoms with E-state index in [4.69, 9.17) is 0 Å². The number of carbonyl (C=O) groups excluding carboxylic acids is 1. The van der Waals surface area contributed by atoms with Gasteiger partial charge in [-0.25, -0.2) is 4.79 Å². The normalized spacial score (nSPS) is 23.4. The molecule has 3 heterocycles. The van der Waals surface area contributed by atoms with Gasteiger partial charge in [-0.15, -0.1) is 0 Å². The number of carboxylic acid groups (broad SMARTS) is 1. The summed E-state index contributed by atoms with van der Waals surface area (Å²) in [5.74, 6) is 0.447. The molecule has 5 rings (SSSR count). The predicted octanol–water partition coefficient (Wildman–Crippen LogP) is 3.53. The van der Waals surface area contributed by atoms with Gasteiger partial charge in [0.2, 0.25) is 0 Å². The summed E-state index contributed by atoms with van der Waals surface area (Å²) in [5, 5.41) is 9.83. The van der Waals surface area contributed by atoms with Crippen molar-refractivity contribution >= 4 is 11.9 Å². The molecule has 0 unspecified atom stereocenters. The molecule has 1 atom stereocenters. The Morgan fingerprint density at radius 3 is 2.32 bits per heavy atom. The number of fused-ring (bicyclic) bond motifs is 3. The largest absolute Gasteiger partial charge is 0.465 e. The van der Waals surface area contributed by atoms with Gasteiger partial charge in [0.15, 0.2) is 5.78 Å². The van der Waals surface area contributed by atoms with Gasteiger partial charge in [0.1, 0.15) is 0 Å². The molecule has 0 aliphatic carbocycles. The molecule has 3 aliphatic heterocycles. The zero-order valence-corrected chi connectivity index (χ0v) is 16.0. The molecule has 5 heteroatoms. The number of rotatable bonds is 6. The molecule has 3 aliphatic rings. The van der Waals surface area contributed by atoms with Crippen molar-refractivity contribution < 1.29 is 14.7 Å². The summed E-state index contributed by atoms with van der Waals surface area (Å²) < 4.78 is 0. The molecule has 28 heavy (non-hydrogen) atoms. The summed E-state index contributed by atoms with van der Waals surface area (Å²) in [5.41, 5.74) is 2.22. The van der Waals surface area contributed by atoms with Crippen LogP contribution in [-0.4, -0.2) is 59.0 Å². The van der Waals surface area contributed by atoms with E-state index in [0.29, 0.717) is 30.0 Å². The van der Waals surface area contributed by atoms with Crippen LogP contribution in [0.5, 0.6) is 0 Å². The van der Waals surface area contributed by atoms with Crippen LogP contribution in [-0.2, 0) is 6.42 Å². The Morgan fingerprint density at radius 2 is 1.68 bits per heavy atom. The first-order valence-corrected chi connectivity index (χ1v) is 10.0. The van der Waals surface area contributed by atoms with E-state index in [9.17, 15) is 14.7 Å². The first-order valence-electron chi connectivity index (χ1n) is 10.0. The summed E-state index contributed by atoms with van der Waals surface area (Å²) in [4.78, 5) is 28.9. The molecule has 2 aromatic carbocycles. The Kier molecular flexibility index (Phi) is 5.44. The van der Waals surface area contributed by atoms with Crippen LogP contribution in [0.1, 0.15) is 34.3 Å². The average Bonchev–Trinajstić information content (AvgIpc) is 2.75. The molecule has 1 amide bonds. The van der Waals surface area contributed by atoms with Gasteiger partial charge in [0.05, 0.1) is 6.04 Å². The molecule has 2 bridgehead atoms. The Bertz CT molecular complexity index is 844. The van der Waals surface area contributed by atoms with E-state index in [0.717, 1.165) is 38.0 Å². The van der Waals surface area contributed by atoms with Gasteiger partial charge in [-0.3, -0.25) is 4.79 Å². The maximum atomic E-state index is 12.9. The third kappa shape index (κ3) is 3.80. The van der Waals surface area contributed by atoms with Crippen molar-refractivity contribution in [1.29, 1.82) is 0 Å². The van der Waals surface area contributed by atoms with Gasteiger partial charge in [-0.05, 0) is 43.8 Å². The zero-order chi connectivity index (χ0) is 19.5. The van der Waals surface area contributed by atoms with Crippen LogP contribution >= 0.6 is 0 Å². The van der Waals surface area contributed by atoms with Crippen LogP contribution in [0.2, 0.25) is 0 Å². The summed E-state index contributed by atoms with van der Waals surface area (Å²) in [6, 6.07) is 16.9. The lowest BCUT2D eigenvalue weighted by atomic mass is 9.83. The molecule has 2 aromatic rings. The molecule has 5 nitrogen and oxygen atoms in total. The minimum atomic E-state index is -0.856. The topological polar surface area (TPSA) is 60.9 Å². The van der Waals surface area contributed by atoms with Crippen molar-refractivity contribution in [2.75, 3.05) is 26.2 Å². The highest BCUT2D eigenvalue weighted by molar-refractivity contribution is 6.09. The van der Waals surface area contributed by atoms with Crippen LogP contribution in [0, 0.1) is 5.92 Å². The molecule has 0 radical (unpaired) electrons. The maximum Gasteiger partial charge on any atom is 0.407 e. The molecule has 146 valence electrons. The van der Waals surface area contributed by atoms with Gasteiger partial charge in [-0.2, -0.15) is 0 Å². The van der Waals surface area contributed by atoms with Gasteiger partial charge in [0.25, 0.3) is 0 Å². The Balaban J connectivity index is 1.51. The molecule has 3 fully saturated rings. The van der Waals surface area contributed by atoms with Gasteiger partial charge in [0, 0.05) is 24.2 Å². The third-order valence-electron chi connectivity index (χ3n) is 6.19. The lowest BCUT2D eigenvalue weighted by Gasteiger charge is -2.48. The molecular formula is C23H26N2O3. The summed E-state index contributed by atoms with van der Waals surface area (Å²) in [7, 11) is 0. The van der Waals surface area contributed by atoms with E-state index in [1.165, 1.54) is 0 Å². The van der Waals surface area contributed by atoms with Gasteiger partial charge < -0.3 is 14.9 Å². The second-order valence-electron chi connectivity index (χ2n) is 7.78. The van der Waals surface area contributed by atoms with Crippen LogP contribution in [0.4, 0.5) is 4.79 Å². The standard InChI is InChI=1S/C23H26N2O3/c26-22(19-7-2-1-3-8-19)20-9-5-4-6-17(20)12-15-25(23(27)28)21-16-24-13-10-18(21)11-14-24/h1-9,18,21H,10-16H2,(H,27,28)/t21-/m0/s1. The fourth-order valence-electron chi connectivity index (χ4n) is 4.64. The van der Waals surface area contributed by atoms with Crippen LogP contribution < -0.4 is 0 Å². The number of nitrogens with zero attached hydrogens (tertiary/aromatic N) is 2. The van der Waals surface area contributed by atoms with Crippen LogP contribution in [0.25, 0.3) is 0 Å². The second-order valence-corrected chi connectivity index (χ2v) is 7.78. The Hall–Kier alpha value is -2.66.